The maximum absolute atomic E-state index is 12.7. The average molecular weight is 488 g/mol. The van der Waals surface area contributed by atoms with E-state index in [1.54, 1.807) is 41.1 Å². The molecule has 29 heavy (non-hydrogen) atoms. The number of benzene rings is 3. The second-order valence-corrected chi connectivity index (χ2v) is 7.90. The van der Waals surface area contributed by atoms with Gasteiger partial charge in [-0.2, -0.15) is 0 Å². The zero-order chi connectivity index (χ0) is 20.4. The fourth-order valence-electron chi connectivity index (χ4n) is 2.68. The molecule has 4 aromatic rings. The molecule has 0 fully saturated rings. The highest BCUT2D eigenvalue weighted by Crippen LogP contribution is 2.24. The van der Waals surface area contributed by atoms with Crippen LogP contribution < -0.4 is 5.32 Å². The Kier molecular flexibility index (Phi) is 5.67. The summed E-state index contributed by atoms with van der Waals surface area (Å²) >= 11 is 15.3. The number of aromatic nitrogens is 3. The summed E-state index contributed by atoms with van der Waals surface area (Å²) in [5.74, 6) is 0.173. The van der Waals surface area contributed by atoms with Gasteiger partial charge in [-0.15, -0.1) is 5.10 Å². The smallest absolute Gasteiger partial charge is 0.295 e. The Labute approximate surface area is 185 Å². The van der Waals surface area contributed by atoms with Gasteiger partial charge in [0.1, 0.15) is 0 Å². The highest BCUT2D eigenvalue weighted by molar-refractivity contribution is 9.10. The number of nitrogens with zero attached hydrogens (tertiary/aromatic N) is 3. The molecule has 0 aliphatic rings. The Morgan fingerprint density at radius 1 is 0.862 bits per heavy atom. The SMILES string of the molecule is O=C(Nc1ccc(Cl)cc1)c1nc(-c2ccc(Br)cc2)n(-c2ccc(Cl)cc2)n1. The molecule has 8 heteroatoms. The van der Waals surface area contributed by atoms with Crippen molar-refractivity contribution >= 4 is 50.7 Å². The molecule has 0 saturated carbocycles. The van der Waals surface area contributed by atoms with Crippen LogP contribution in [0.25, 0.3) is 17.1 Å². The number of carbonyl (C=O) groups excluding carboxylic acids is 1. The van der Waals surface area contributed by atoms with Gasteiger partial charge in [0.2, 0.25) is 5.82 Å². The topological polar surface area (TPSA) is 59.8 Å². The van der Waals surface area contributed by atoms with Crippen molar-refractivity contribution in [3.63, 3.8) is 0 Å². The van der Waals surface area contributed by atoms with Crippen LogP contribution >= 0.6 is 39.1 Å². The summed E-state index contributed by atoms with van der Waals surface area (Å²) in [6.07, 6.45) is 0. The van der Waals surface area contributed by atoms with Crippen molar-refractivity contribution in [1.29, 1.82) is 0 Å². The second-order valence-electron chi connectivity index (χ2n) is 6.12. The normalized spacial score (nSPS) is 10.7. The lowest BCUT2D eigenvalue weighted by Crippen LogP contribution is -2.14. The van der Waals surface area contributed by atoms with E-state index >= 15 is 0 Å². The molecule has 1 aromatic heterocycles. The lowest BCUT2D eigenvalue weighted by atomic mass is 10.2. The van der Waals surface area contributed by atoms with E-state index < -0.39 is 5.91 Å². The van der Waals surface area contributed by atoms with Gasteiger partial charge in [-0.3, -0.25) is 4.79 Å². The third-order valence-corrected chi connectivity index (χ3v) is 5.12. The van der Waals surface area contributed by atoms with E-state index in [1.165, 1.54) is 0 Å². The lowest BCUT2D eigenvalue weighted by Gasteiger charge is -2.06. The molecule has 0 radical (unpaired) electrons. The predicted molar refractivity (Wildman–Crippen MR) is 119 cm³/mol. The van der Waals surface area contributed by atoms with E-state index in [4.69, 9.17) is 23.2 Å². The van der Waals surface area contributed by atoms with Crippen LogP contribution in [0, 0.1) is 0 Å². The zero-order valence-corrected chi connectivity index (χ0v) is 17.9. The molecule has 1 amide bonds. The molecule has 1 heterocycles. The van der Waals surface area contributed by atoms with E-state index in [-0.39, 0.29) is 5.82 Å². The minimum atomic E-state index is -0.418. The minimum absolute atomic E-state index is 0.0489. The van der Waals surface area contributed by atoms with Gasteiger partial charge in [0.15, 0.2) is 5.82 Å². The molecule has 1 N–H and O–H groups in total. The number of amides is 1. The first-order valence-electron chi connectivity index (χ1n) is 8.55. The Bertz CT molecular complexity index is 1090. The van der Waals surface area contributed by atoms with Crippen LogP contribution in [0.4, 0.5) is 5.69 Å². The third kappa shape index (κ3) is 4.50. The van der Waals surface area contributed by atoms with Crippen molar-refractivity contribution in [2.24, 2.45) is 0 Å². The largest absolute Gasteiger partial charge is 0.319 e. The Balaban J connectivity index is 1.74. The molecule has 0 bridgehead atoms. The fourth-order valence-corrected chi connectivity index (χ4v) is 3.19. The van der Waals surface area contributed by atoms with Crippen LogP contribution in [0.3, 0.4) is 0 Å². The molecule has 0 aliphatic heterocycles. The molecular formula is C21H13BrCl2N4O. The van der Waals surface area contributed by atoms with Crippen molar-refractivity contribution in [1.82, 2.24) is 14.8 Å². The van der Waals surface area contributed by atoms with Crippen LogP contribution in [0.1, 0.15) is 10.6 Å². The van der Waals surface area contributed by atoms with Gasteiger partial charge in [-0.25, -0.2) is 9.67 Å². The summed E-state index contributed by atoms with van der Waals surface area (Å²) in [4.78, 5) is 17.2. The van der Waals surface area contributed by atoms with E-state index in [9.17, 15) is 4.79 Å². The van der Waals surface area contributed by atoms with Crippen molar-refractivity contribution in [2.45, 2.75) is 0 Å². The predicted octanol–water partition coefficient (Wildman–Crippen LogP) is 6.26. The molecule has 4 rings (SSSR count). The summed E-state index contributed by atoms with van der Waals surface area (Å²) < 4.78 is 2.57. The van der Waals surface area contributed by atoms with Gasteiger partial charge in [-0.05, 0) is 60.7 Å². The van der Waals surface area contributed by atoms with Gasteiger partial charge in [0.05, 0.1) is 5.69 Å². The molecule has 0 spiro atoms. The molecular weight excluding hydrogens is 475 g/mol. The number of carbonyl (C=O) groups is 1. The highest BCUT2D eigenvalue weighted by atomic mass is 79.9. The molecule has 144 valence electrons. The Hall–Kier alpha value is -2.67. The van der Waals surface area contributed by atoms with Gasteiger partial charge in [-0.1, -0.05) is 51.3 Å². The number of nitrogens with one attached hydrogen (secondary N) is 1. The quantitative estimate of drug-likeness (QED) is 0.369. The molecule has 0 atom stereocenters. The summed E-state index contributed by atoms with van der Waals surface area (Å²) in [5, 5.41) is 8.42. The van der Waals surface area contributed by atoms with Crippen LogP contribution in [-0.2, 0) is 0 Å². The Morgan fingerprint density at radius 2 is 1.45 bits per heavy atom. The maximum Gasteiger partial charge on any atom is 0.295 e. The van der Waals surface area contributed by atoms with Gasteiger partial charge in [0.25, 0.3) is 5.91 Å². The summed E-state index contributed by atoms with van der Waals surface area (Å²) in [5.41, 5.74) is 2.17. The van der Waals surface area contributed by atoms with E-state index in [1.807, 2.05) is 36.4 Å². The van der Waals surface area contributed by atoms with Gasteiger partial charge >= 0.3 is 0 Å². The third-order valence-electron chi connectivity index (χ3n) is 4.09. The highest BCUT2D eigenvalue weighted by Gasteiger charge is 2.19. The number of halogens is 3. The number of rotatable bonds is 4. The molecule has 0 saturated heterocycles. The van der Waals surface area contributed by atoms with Crippen LogP contribution in [0.2, 0.25) is 10.0 Å². The molecule has 3 aromatic carbocycles. The maximum atomic E-state index is 12.7. The lowest BCUT2D eigenvalue weighted by molar-refractivity contribution is 0.101. The van der Waals surface area contributed by atoms with Crippen LogP contribution in [0.15, 0.2) is 77.3 Å². The second kappa shape index (κ2) is 8.37. The van der Waals surface area contributed by atoms with Crippen LogP contribution in [-0.4, -0.2) is 20.7 Å². The summed E-state index contributed by atoms with van der Waals surface area (Å²) in [7, 11) is 0. The monoisotopic (exact) mass is 486 g/mol. The molecule has 0 unspecified atom stereocenters. The van der Waals surface area contributed by atoms with Crippen molar-refractivity contribution in [2.75, 3.05) is 5.32 Å². The van der Waals surface area contributed by atoms with Crippen molar-refractivity contribution in [3.05, 3.63) is 93.1 Å². The average Bonchev–Trinajstić information content (AvgIpc) is 3.16. The van der Waals surface area contributed by atoms with Crippen molar-refractivity contribution in [3.8, 4) is 17.1 Å². The first-order chi connectivity index (χ1) is 14.0. The van der Waals surface area contributed by atoms with Gasteiger partial charge in [0, 0.05) is 25.8 Å². The minimum Gasteiger partial charge on any atom is -0.319 e. The number of hydrogen-bond acceptors (Lipinski definition) is 3. The fraction of sp³-hybridized carbons (Fsp3) is 0. The van der Waals surface area contributed by atoms with E-state index in [0.717, 1.165) is 15.7 Å². The number of hydrogen-bond donors (Lipinski definition) is 1. The Morgan fingerprint density at radius 3 is 2.07 bits per heavy atom. The van der Waals surface area contributed by atoms with E-state index in [0.29, 0.717) is 21.6 Å². The first-order valence-corrected chi connectivity index (χ1v) is 10.1. The van der Waals surface area contributed by atoms with Gasteiger partial charge < -0.3 is 5.32 Å². The van der Waals surface area contributed by atoms with Crippen LogP contribution in [0.5, 0.6) is 0 Å². The standard InChI is InChI=1S/C21H13BrCl2N4O/c22-14-3-1-13(2-4-14)20-26-19(21(29)25-17-9-5-15(23)6-10-17)27-28(20)18-11-7-16(24)8-12-18/h1-12H,(H,25,29). The van der Waals surface area contributed by atoms with E-state index in [2.05, 4.69) is 31.3 Å². The summed E-state index contributed by atoms with van der Waals surface area (Å²) in [6.45, 7) is 0. The number of anilines is 1. The molecule has 5 nitrogen and oxygen atoms in total. The summed E-state index contributed by atoms with van der Waals surface area (Å²) in [6, 6.07) is 21.6. The first kappa shape index (κ1) is 19.6. The van der Waals surface area contributed by atoms with Crippen molar-refractivity contribution < 1.29 is 4.79 Å². The molecule has 0 aliphatic carbocycles. The zero-order valence-electron chi connectivity index (χ0n) is 14.8.